The van der Waals surface area contributed by atoms with Crippen molar-refractivity contribution in [3.63, 3.8) is 0 Å². The molecule has 0 aliphatic heterocycles. The van der Waals surface area contributed by atoms with Crippen LogP contribution in [0.2, 0.25) is 0 Å². The topological polar surface area (TPSA) is 91.1 Å². The van der Waals surface area contributed by atoms with E-state index in [1.807, 2.05) is 13.1 Å². The van der Waals surface area contributed by atoms with Crippen molar-refractivity contribution in [2.75, 3.05) is 6.54 Å². The van der Waals surface area contributed by atoms with Gasteiger partial charge < -0.3 is 15.4 Å². The molecule has 1 aliphatic rings. The van der Waals surface area contributed by atoms with E-state index in [1.165, 1.54) is 13.8 Å². The van der Waals surface area contributed by atoms with E-state index < -0.39 is 11.8 Å². The Morgan fingerprint density at radius 3 is 2.53 bits per heavy atom. The minimum atomic E-state index is -1.37. The molecular weight excluding hydrogens is 486 g/mol. The smallest absolute Gasteiger partial charge is 0.158 e. The van der Waals surface area contributed by atoms with Gasteiger partial charge in [-0.2, -0.15) is 5.10 Å². The number of nitrogens with one attached hydrogen (secondary N) is 2. The third-order valence-corrected chi connectivity index (χ3v) is 8.28. The monoisotopic (exact) mass is 524 g/mol. The number of hydrogen-bond donors (Lipinski definition) is 3. The van der Waals surface area contributed by atoms with Gasteiger partial charge in [0.15, 0.2) is 11.5 Å². The predicted octanol–water partition coefficient (Wildman–Crippen LogP) is 5.88. The van der Waals surface area contributed by atoms with Gasteiger partial charge in [0.05, 0.1) is 28.7 Å². The van der Waals surface area contributed by atoms with Crippen molar-refractivity contribution < 1.29 is 13.9 Å². The molecule has 5 rings (SSSR count). The van der Waals surface area contributed by atoms with E-state index in [9.17, 15) is 9.50 Å². The highest BCUT2D eigenvalue weighted by atomic mass is 19.1. The second kappa shape index (κ2) is 10.0. The van der Waals surface area contributed by atoms with Gasteiger partial charge in [0.1, 0.15) is 12.5 Å². The summed E-state index contributed by atoms with van der Waals surface area (Å²) in [6, 6.07) is 0.154. The zero-order valence-corrected chi connectivity index (χ0v) is 23.1. The standard InChI is InChI=1S/C29H38F2N6O/c1-15(2)23-24-21(36-27(23)20-13-37-28(34-14-35-37)17(4)16(20)3)11-33-26(25(24)31)18-7-9-19(10-8-18)32-12-22(30)29(5,6)38/h11,13-15,18-19,22,32,36,38H,7-10,12H2,1-6H3. The van der Waals surface area contributed by atoms with Crippen LogP contribution >= 0.6 is 0 Å². The van der Waals surface area contributed by atoms with Crippen LogP contribution in [-0.4, -0.2) is 54.0 Å². The number of fused-ring (bicyclic) bond motifs is 2. The zero-order valence-electron chi connectivity index (χ0n) is 23.1. The van der Waals surface area contributed by atoms with E-state index >= 15 is 4.39 Å². The van der Waals surface area contributed by atoms with Gasteiger partial charge in [-0.3, -0.25) is 4.98 Å². The molecule has 9 heteroatoms. The largest absolute Gasteiger partial charge is 0.387 e. The summed E-state index contributed by atoms with van der Waals surface area (Å²) in [6.45, 7) is 11.3. The van der Waals surface area contributed by atoms with Gasteiger partial charge in [0.25, 0.3) is 0 Å². The molecule has 0 saturated heterocycles. The van der Waals surface area contributed by atoms with Gasteiger partial charge in [0, 0.05) is 35.7 Å². The van der Waals surface area contributed by atoms with Gasteiger partial charge in [0.2, 0.25) is 0 Å². The Balaban J connectivity index is 1.45. The van der Waals surface area contributed by atoms with E-state index in [1.54, 1.807) is 17.0 Å². The summed E-state index contributed by atoms with van der Waals surface area (Å²) in [5.41, 5.74) is 5.60. The Bertz CT molecular complexity index is 1460. The molecule has 0 radical (unpaired) electrons. The lowest BCUT2D eigenvalue weighted by Crippen LogP contribution is -2.44. The van der Waals surface area contributed by atoms with Gasteiger partial charge in [-0.1, -0.05) is 13.8 Å². The van der Waals surface area contributed by atoms with Crippen LogP contribution in [0.15, 0.2) is 18.7 Å². The Hall–Kier alpha value is -2.91. The molecule has 1 saturated carbocycles. The molecule has 1 aliphatic carbocycles. The lowest BCUT2D eigenvalue weighted by atomic mass is 9.83. The zero-order chi connectivity index (χ0) is 27.4. The number of hydrogen-bond acceptors (Lipinski definition) is 5. The predicted molar refractivity (Wildman–Crippen MR) is 146 cm³/mol. The molecule has 204 valence electrons. The quantitative estimate of drug-likeness (QED) is 0.281. The molecule has 0 bridgehead atoms. The van der Waals surface area contributed by atoms with Gasteiger partial charge in [-0.25, -0.2) is 18.3 Å². The Kier molecular flexibility index (Phi) is 7.02. The van der Waals surface area contributed by atoms with Crippen molar-refractivity contribution >= 4 is 16.6 Å². The second-order valence-electron chi connectivity index (χ2n) is 11.7. The number of aromatic nitrogens is 5. The number of pyridine rings is 2. The number of H-pyrrole nitrogens is 1. The lowest BCUT2D eigenvalue weighted by Gasteiger charge is -2.31. The molecule has 1 fully saturated rings. The van der Waals surface area contributed by atoms with Crippen LogP contribution < -0.4 is 5.32 Å². The van der Waals surface area contributed by atoms with Gasteiger partial charge in [-0.05, 0) is 76.0 Å². The minimum absolute atomic E-state index is 0.0155. The van der Waals surface area contributed by atoms with Crippen molar-refractivity contribution in [3.05, 3.63) is 46.9 Å². The highest BCUT2D eigenvalue weighted by molar-refractivity contribution is 5.92. The maximum absolute atomic E-state index is 16.3. The Morgan fingerprint density at radius 2 is 1.87 bits per heavy atom. The maximum atomic E-state index is 16.3. The molecule has 38 heavy (non-hydrogen) atoms. The summed E-state index contributed by atoms with van der Waals surface area (Å²) in [4.78, 5) is 12.4. The maximum Gasteiger partial charge on any atom is 0.158 e. The van der Waals surface area contributed by atoms with Crippen LogP contribution in [0, 0.1) is 19.7 Å². The fraction of sp³-hybridized carbons (Fsp3) is 0.552. The summed E-state index contributed by atoms with van der Waals surface area (Å²) in [6.07, 6.45) is 7.12. The van der Waals surface area contributed by atoms with E-state index in [4.69, 9.17) is 0 Å². The van der Waals surface area contributed by atoms with E-state index in [0.29, 0.717) is 16.6 Å². The molecule has 1 atom stereocenters. The van der Waals surface area contributed by atoms with Crippen molar-refractivity contribution in [2.24, 2.45) is 0 Å². The highest BCUT2D eigenvalue weighted by Crippen LogP contribution is 2.41. The SMILES string of the molecule is Cc1c(-c2[nH]c3cnc(C4CCC(NCC(F)C(C)(C)O)CC4)c(F)c3c2C(C)C)cn2ncnc2c1C. The molecule has 7 nitrogen and oxygen atoms in total. The second-order valence-corrected chi connectivity index (χ2v) is 11.7. The first kappa shape index (κ1) is 26.7. The molecule has 4 heterocycles. The van der Waals surface area contributed by atoms with Crippen LogP contribution in [0.25, 0.3) is 27.8 Å². The number of halogens is 2. The van der Waals surface area contributed by atoms with E-state index in [0.717, 1.165) is 59.3 Å². The Morgan fingerprint density at radius 1 is 1.16 bits per heavy atom. The van der Waals surface area contributed by atoms with E-state index in [-0.39, 0.29) is 30.2 Å². The minimum Gasteiger partial charge on any atom is -0.387 e. The van der Waals surface area contributed by atoms with Crippen LogP contribution in [-0.2, 0) is 0 Å². The fourth-order valence-corrected chi connectivity index (χ4v) is 5.81. The lowest BCUT2D eigenvalue weighted by molar-refractivity contribution is -0.00384. The summed E-state index contributed by atoms with van der Waals surface area (Å²) >= 11 is 0. The van der Waals surface area contributed by atoms with Crippen LogP contribution in [0.4, 0.5) is 8.78 Å². The summed E-state index contributed by atoms with van der Waals surface area (Å²) in [5, 5.41) is 18.0. The molecule has 0 aromatic carbocycles. The van der Waals surface area contributed by atoms with Crippen molar-refractivity contribution in [1.82, 2.24) is 29.9 Å². The number of aryl methyl sites for hydroxylation is 1. The molecule has 4 aromatic heterocycles. The highest BCUT2D eigenvalue weighted by Gasteiger charge is 2.31. The summed E-state index contributed by atoms with van der Waals surface area (Å²) in [5.74, 6) is -0.145. The summed E-state index contributed by atoms with van der Waals surface area (Å²) in [7, 11) is 0. The van der Waals surface area contributed by atoms with E-state index in [2.05, 4.69) is 46.1 Å². The first-order valence-electron chi connectivity index (χ1n) is 13.6. The van der Waals surface area contributed by atoms with Crippen molar-refractivity contribution in [3.8, 4) is 11.3 Å². The fourth-order valence-electron chi connectivity index (χ4n) is 5.81. The van der Waals surface area contributed by atoms with Crippen LogP contribution in [0.5, 0.6) is 0 Å². The Labute approximate surface area is 222 Å². The molecule has 1 unspecified atom stereocenters. The average Bonchev–Trinajstić information content (AvgIpc) is 3.50. The molecule has 4 aromatic rings. The number of nitrogens with zero attached hydrogens (tertiary/aromatic N) is 4. The van der Waals surface area contributed by atoms with Gasteiger partial charge in [-0.15, -0.1) is 0 Å². The van der Waals surface area contributed by atoms with Crippen molar-refractivity contribution in [1.29, 1.82) is 0 Å². The number of aromatic amines is 1. The normalized spacial score (nSPS) is 19.6. The summed E-state index contributed by atoms with van der Waals surface area (Å²) < 4.78 is 32.2. The third-order valence-electron chi connectivity index (χ3n) is 8.28. The van der Waals surface area contributed by atoms with Crippen LogP contribution in [0.3, 0.4) is 0 Å². The molecule has 3 N–H and O–H groups in total. The molecular formula is C29H38F2N6O. The number of alkyl halides is 1. The first-order chi connectivity index (χ1) is 18.0. The van der Waals surface area contributed by atoms with Crippen molar-refractivity contribution in [2.45, 2.75) is 96.9 Å². The van der Waals surface area contributed by atoms with Gasteiger partial charge >= 0.3 is 0 Å². The molecule has 0 spiro atoms. The third kappa shape index (κ3) is 4.71. The number of aliphatic hydroxyl groups is 1. The first-order valence-corrected chi connectivity index (χ1v) is 13.6. The molecule has 0 amide bonds. The van der Waals surface area contributed by atoms with Crippen LogP contribution in [0.1, 0.15) is 87.6 Å². The number of rotatable bonds is 7. The average molecular weight is 525 g/mol.